The maximum atomic E-state index is 12.8. The van der Waals surface area contributed by atoms with E-state index in [4.69, 9.17) is 12.4 Å². The van der Waals surface area contributed by atoms with Gasteiger partial charge in [0.25, 0.3) is 0 Å². The van der Waals surface area contributed by atoms with Crippen LogP contribution in [0, 0.1) is 11.3 Å². The zero-order valence-electron chi connectivity index (χ0n) is 13.4. The highest BCUT2D eigenvalue weighted by atomic mass is 31.0. The van der Waals surface area contributed by atoms with E-state index in [1.807, 2.05) is 14.1 Å². The van der Waals surface area contributed by atoms with Gasteiger partial charge in [0.05, 0.1) is 22.7 Å². The molecule has 2 saturated heterocycles. The fourth-order valence-electron chi connectivity index (χ4n) is 4.72. The Bertz CT molecular complexity index is 495. The number of amides is 1. The van der Waals surface area contributed by atoms with Gasteiger partial charge in [0.1, 0.15) is 6.04 Å². The third-order valence-corrected chi connectivity index (χ3v) is 6.74. The van der Waals surface area contributed by atoms with Crippen molar-refractivity contribution in [3.8, 4) is 0 Å². The lowest BCUT2D eigenvalue weighted by atomic mass is 9.69. The first-order valence-electron chi connectivity index (χ1n) is 8.46. The average Bonchev–Trinajstić information content (AvgIpc) is 3.01. The molecule has 3 fully saturated rings. The minimum Gasteiger partial charge on any atom is -0.450 e. The molecule has 2 aliphatic heterocycles. The Morgan fingerprint density at radius 2 is 2.04 bits per heavy atom. The van der Waals surface area contributed by atoms with Gasteiger partial charge >= 0.3 is 5.97 Å². The predicted octanol–water partition coefficient (Wildman–Crippen LogP) is 1.60. The zero-order valence-corrected chi connectivity index (χ0v) is 15.7. The Labute approximate surface area is 144 Å². The molecule has 0 aromatic heterocycles. The molecule has 2 heterocycles. The van der Waals surface area contributed by atoms with Gasteiger partial charge in [-0.2, -0.15) is 0 Å². The Kier molecular flexibility index (Phi) is 5.35. The van der Waals surface area contributed by atoms with E-state index in [1.54, 1.807) is 0 Å². The summed E-state index contributed by atoms with van der Waals surface area (Å²) in [4.78, 5) is 24.8. The standard InChI is InChI=1S/C15H25BN2O3P2/c16-9-3-1-2-4-11-10(6-5-9)15(14(20)17-11)7-12(13(19)21-23)18(22)8-15/h9-12H,1-8,22-23H2,(H,17,20). The molecule has 0 aromatic carbocycles. The van der Waals surface area contributed by atoms with Gasteiger partial charge in [0.2, 0.25) is 5.91 Å². The Morgan fingerprint density at radius 3 is 2.78 bits per heavy atom. The van der Waals surface area contributed by atoms with Crippen LogP contribution in [-0.2, 0) is 14.1 Å². The molecule has 1 N–H and O–H groups in total. The normalized spacial score (nSPS) is 41.7. The van der Waals surface area contributed by atoms with Gasteiger partial charge in [0.15, 0.2) is 0 Å². The van der Waals surface area contributed by atoms with E-state index in [-0.39, 0.29) is 35.7 Å². The smallest absolute Gasteiger partial charge is 0.325 e. The Hall–Kier alpha value is -0.175. The number of rotatable bonds is 1. The molecule has 7 unspecified atom stereocenters. The summed E-state index contributed by atoms with van der Waals surface area (Å²) >= 11 is 0. The zero-order chi connectivity index (χ0) is 16.6. The van der Waals surface area contributed by atoms with E-state index >= 15 is 0 Å². The first kappa shape index (κ1) is 17.6. The van der Waals surface area contributed by atoms with Crippen LogP contribution in [0.5, 0.6) is 0 Å². The number of nitrogens with zero attached hydrogens (tertiary/aromatic N) is 1. The van der Waals surface area contributed by atoms with Gasteiger partial charge in [-0.15, -0.1) is 0 Å². The number of fused-ring (bicyclic) bond motifs is 2. The lowest BCUT2D eigenvalue weighted by molar-refractivity contribution is -0.136. The van der Waals surface area contributed by atoms with E-state index in [1.165, 1.54) is 0 Å². The maximum absolute atomic E-state index is 12.8. The van der Waals surface area contributed by atoms with Crippen molar-refractivity contribution in [2.24, 2.45) is 11.3 Å². The average molecular weight is 354 g/mol. The third-order valence-electron chi connectivity index (χ3n) is 5.96. The quantitative estimate of drug-likeness (QED) is 0.574. The van der Waals surface area contributed by atoms with Gasteiger partial charge in [-0.3, -0.25) is 14.3 Å². The van der Waals surface area contributed by atoms with Crippen molar-refractivity contribution in [1.82, 2.24) is 9.99 Å². The molecular weight excluding hydrogens is 329 g/mol. The van der Waals surface area contributed by atoms with Crippen LogP contribution in [-0.4, -0.2) is 43.0 Å². The lowest BCUT2D eigenvalue weighted by Crippen LogP contribution is -2.37. The maximum Gasteiger partial charge on any atom is 0.325 e. The van der Waals surface area contributed by atoms with Crippen molar-refractivity contribution >= 4 is 38.6 Å². The largest absolute Gasteiger partial charge is 0.450 e. The van der Waals surface area contributed by atoms with Gasteiger partial charge in [0, 0.05) is 12.6 Å². The van der Waals surface area contributed by atoms with Gasteiger partial charge in [-0.05, 0) is 25.2 Å². The van der Waals surface area contributed by atoms with Crippen molar-refractivity contribution in [2.45, 2.75) is 62.8 Å². The molecular formula is C15H25BN2O3P2. The van der Waals surface area contributed by atoms with Crippen molar-refractivity contribution in [3.63, 3.8) is 0 Å². The van der Waals surface area contributed by atoms with Crippen LogP contribution in [0.3, 0.4) is 0 Å². The van der Waals surface area contributed by atoms with Crippen LogP contribution in [0.25, 0.3) is 0 Å². The molecule has 2 radical (unpaired) electrons. The first-order chi connectivity index (χ1) is 11.0. The number of hydrogen-bond acceptors (Lipinski definition) is 4. The Balaban J connectivity index is 1.85. The van der Waals surface area contributed by atoms with E-state index in [0.717, 1.165) is 38.5 Å². The Morgan fingerprint density at radius 1 is 1.30 bits per heavy atom. The molecule has 0 bridgehead atoms. The lowest BCUT2D eigenvalue weighted by Gasteiger charge is -2.30. The predicted molar refractivity (Wildman–Crippen MR) is 95.7 cm³/mol. The molecule has 126 valence electrons. The van der Waals surface area contributed by atoms with Crippen LogP contribution in [0.4, 0.5) is 0 Å². The van der Waals surface area contributed by atoms with Gasteiger partial charge in [-0.1, -0.05) is 40.9 Å². The summed E-state index contributed by atoms with van der Waals surface area (Å²) in [7, 11) is 10.8. The second-order valence-corrected chi connectivity index (χ2v) is 8.19. The van der Waals surface area contributed by atoms with E-state index < -0.39 is 5.41 Å². The molecule has 0 aromatic rings. The molecule has 3 rings (SSSR count). The van der Waals surface area contributed by atoms with Crippen LogP contribution < -0.4 is 5.32 Å². The summed E-state index contributed by atoms with van der Waals surface area (Å²) in [5.41, 5.74) is -0.486. The highest BCUT2D eigenvalue weighted by molar-refractivity contribution is 7.13. The van der Waals surface area contributed by atoms with E-state index in [0.29, 0.717) is 13.0 Å². The van der Waals surface area contributed by atoms with Crippen molar-refractivity contribution in [1.29, 1.82) is 0 Å². The van der Waals surface area contributed by atoms with Crippen LogP contribution in [0.2, 0.25) is 5.82 Å². The van der Waals surface area contributed by atoms with Crippen LogP contribution >= 0.6 is 18.9 Å². The summed E-state index contributed by atoms with van der Waals surface area (Å²) in [6, 6.07) is -0.153. The number of hydrogen-bond donors (Lipinski definition) is 1. The van der Waals surface area contributed by atoms with Crippen molar-refractivity contribution in [2.75, 3.05) is 6.54 Å². The monoisotopic (exact) mass is 354 g/mol. The minimum atomic E-state index is -0.486. The summed E-state index contributed by atoms with van der Waals surface area (Å²) in [6.45, 7) is 0.588. The van der Waals surface area contributed by atoms with Crippen LogP contribution in [0.1, 0.15) is 44.9 Å². The van der Waals surface area contributed by atoms with Crippen molar-refractivity contribution in [3.05, 3.63) is 0 Å². The third kappa shape index (κ3) is 3.19. The molecule has 23 heavy (non-hydrogen) atoms. The molecule has 1 spiro atoms. The molecule has 8 heteroatoms. The number of nitrogens with one attached hydrogen (secondary N) is 1. The molecule has 7 atom stereocenters. The molecule has 1 aliphatic carbocycles. The fraction of sp³-hybridized carbons (Fsp3) is 0.867. The van der Waals surface area contributed by atoms with Crippen molar-refractivity contribution < 1.29 is 14.1 Å². The van der Waals surface area contributed by atoms with Gasteiger partial charge < -0.3 is 9.84 Å². The SMILES string of the molecule is [B]C1CCCCC2NC(=O)C3(CC(C(=O)OP)N(P)C3)C2CC1. The fourth-order valence-corrected chi connectivity index (χ4v) is 5.43. The summed E-state index contributed by atoms with van der Waals surface area (Å²) in [5, 5.41) is 3.22. The van der Waals surface area contributed by atoms with E-state index in [9.17, 15) is 9.59 Å². The number of carbonyl (C=O) groups excluding carboxylic acids is 2. The van der Waals surface area contributed by atoms with E-state index in [2.05, 4.69) is 14.7 Å². The summed E-state index contributed by atoms with van der Waals surface area (Å²) < 4.78 is 6.72. The summed E-state index contributed by atoms with van der Waals surface area (Å²) in [6.07, 6.45) is 6.75. The highest BCUT2D eigenvalue weighted by Crippen LogP contribution is 2.51. The molecule has 3 aliphatic rings. The van der Waals surface area contributed by atoms with Gasteiger partial charge in [-0.25, -0.2) is 0 Å². The minimum absolute atomic E-state index is 0.105. The first-order valence-corrected chi connectivity index (χ1v) is 9.45. The molecule has 5 nitrogen and oxygen atoms in total. The molecule has 1 saturated carbocycles. The summed E-state index contributed by atoms with van der Waals surface area (Å²) in [5.74, 6) is 0.290. The second-order valence-electron chi connectivity index (χ2n) is 7.29. The molecule has 1 amide bonds. The van der Waals surface area contributed by atoms with Crippen LogP contribution in [0.15, 0.2) is 0 Å². The number of carbonyl (C=O) groups is 2. The topological polar surface area (TPSA) is 58.6 Å². The highest BCUT2D eigenvalue weighted by Gasteiger charge is 2.60. The second kappa shape index (κ2) is 6.98.